The van der Waals surface area contributed by atoms with Gasteiger partial charge in [0.15, 0.2) is 0 Å². The molecule has 2 aliphatic rings. The first-order valence-electron chi connectivity index (χ1n) is 6.41. The maximum atomic E-state index is 7.96. The lowest BCUT2D eigenvalue weighted by atomic mass is 10.1. The van der Waals surface area contributed by atoms with Crippen molar-refractivity contribution in [3.05, 3.63) is 46.9 Å². The van der Waals surface area contributed by atoms with E-state index in [0.717, 1.165) is 35.7 Å². The molecule has 0 aliphatic carbocycles. The Morgan fingerprint density at radius 1 is 1.53 bits per heavy atom. The second-order valence-corrected chi connectivity index (χ2v) is 5.45. The van der Waals surface area contributed by atoms with Crippen molar-refractivity contribution in [2.75, 3.05) is 13.1 Å². The molecular weight excluding hydrogens is 254 g/mol. The van der Waals surface area contributed by atoms with Gasteiger partial charge in [0.1, 0.15) is 5.84 Å². The molecule has 1 fully saturated rings. The second-order valence-electron chi connectivity index (χ2n) is 4.45. The van der Waals surface area contributed by atoms with E-state index >= 15 is 0 Å². The van der Waals surface area contributed by atoms with Crippen LogP contribution < -0.4 is 0 Å². The Kier molecular flexibility index (Phi) is 4.43. The van der Waals surface area contributed by atoms with Gasteiger partial charge in [-0.1, -0.05) is 31.0 Å². The number of allylic oxidation sites excluding steroid dienone is 3. The van der Waals surface area contributed by atoms with E-state index in [1.807, 2.05) is 18.4 Å². The molecule has 0 aromatic heterocycles. The van der Waals surface area contributed by atoms with Crippen molar-refractivity contribution in [1.82, 2.24) is 4.90 Å². The zero-order valence-electron chi connectivity index (χ0n) is 11.3. The summed E-state index contributed by atoms with van der Waals surface area (Å²) in [6.07, 6.45) is 5.73. The van der Waals surface area contributed by atoms with Crippen LogP contribution in [-0.2, 0) is 0 Å². The number of aliphatic imine (C=N–C) groups is 1. The molecule has 0 radical (unpaired) electrons. The van der Waals surface area contributed by atoms with Crippen molar-refractivity contribution in [3.63, 3.8) is 0 Å². The zero-order chi connectivity index (χ0) is 13.8. The Morgan fingerprint density at radius 2 is 2.32 bits per heavy atom. The molecule has 2 rings (SSSR count). The lowest BCUT2D eigenvalue weighted by Gasteiger charge is -2.29. The van der Waals surface area contributed by atoms with Gasteiger partial charge in [0.05, 0.1) is 12.3 Å². The summed E-state index contributed by atoms with van der Waals surface area (Å²) in [7, 11) is 0. The molecule has 2 aliphatic heterocycles. The summed E-state index contributed by atoms with van der Waals surface area (Å²) in [6.45, 7) is 11.3. The second kappa shape index (κ2) is 6.06. The Bertz CT molecular complexity index is 511. The molecule has 0 bridgehead atoms. The van der Waals surface area contributed by atoms with E-state index in [1.165, 1.54) is 5.70 Å². The third-order valence-electron chi connectivity index (χ3n) is 3.24. The minimum atomic E-state index is 0.497. The van der Waals surface area contributed by atoms with Gasteiger partial charge in [-0.25, -0.2) is 0 Å². The predicted octanol–water partition coefficient (Wildman–Crippen LogP) is 3.73. The van der Waals surface area contributed by atoms with Gasteiger partial charge < -0.3 is 10.3 Å². The Hall–Kier alpha value is -1.55. The van der Waals surface area contributed by atoms with Crippen LogP contribution in [0.3, 0.4) is 0 Å². The Balaban J connectivity index is 2.25. The van der Waals surface area contributed by atoms with Crippen LogP contribution in [0.15, 0.2) is 51.9 Å². The number of hydrogen-bond donors (Lipinski definition) is 1. The van der Waals surface area contributed by atoms with Crippen LogP contribution in [0.5, 0.6) is 0 Å². The number of hydrogen-bond acceptors (Lipinski definition) is 4. The van der Waals surface area contributed by atoms with Gasteiger partial charge in [0.2, 0.25) is 0 Å². The van der Waals surface area contributed by atoms with E-state index in [1.54, 1.807) is 17.8 Å². The largest absolute Gasteiger partial charge is 0.329 e. The number of nitrogens with one attached hydrogen (secondary N) is 1. The summed E-state index contributed by atoms with van der Waals surface area (Å²) in [5.41, 5.74) is 2.74. The summed E-state index contributed by atoms with van der Waals surface area (Å²) < 4.78 is 0. The molecule has 0 atom stereocenters. The zero-order valence-corrected chi connectivity index (χ0v) is 12.1. The smallest absolute Gasteiger partial charge is 0.141 e. The van der Waals surface area contributed by atoms with Gasteiger partial charge in [-0.05, 0) is 31.2 Å². The third-order valence-corrected chi connectivity index (χ3v) is 4.11. The van der Waals surface area contributed by atoms with E-state index in [4.69, 9.17) is 5.41 Å². The van der Waals surface area contributed by atoms with Crippen molar-refractivity contribution in [1.29, 1.82) is 5.41 Å². The van der Waals surface area contributed by atoms with Crippen LogP contribution in [0.4, 0.5) is 0 Å². The first kappa shape index (κ1) is 13.9. The maximum Gasteiger partial charge on any atom is 0.141 e. The summed E-state index contributed by atoms with van der Waals surface area (Å²) in [5.74, 6) is 0.969. The van der Waals surface area contributed by atoms with E-state index in [-0.39, 0.29) is 0 Å². The van der Waals surface area contributed by atoms with Crippen LogP contribution in [0, 0.1) is 5.41 Å². The number of fused-ring (bicyclic) bond motifs is 1. The summed E-state index contributed by atoms with van der Waals surface area (Å²) in [4.78, 5) is 7.81. The highest BCUT2D eigenvalue weighted by Crippen LogP contribution is 2.33. The Labute approximate surface area is 119 Å². The highest BCUT2D eigenvalue weighted by molar-refractivity contribution is 8.06. The van der Waals surface area contributed by atoms with Crippen molar-refractivity contribution in [3.8, 4) is 0 Å². The molecule has 4 heteroatoms. The molecule has 1 N–H and O–H groups in total. The van der Waals surface area contributed by atoms with Gasteiger partial charge in [-0.3, -0.25) is 4.99 Å². The minimum Gasteiger partial charge on any atom is -0.329 e. The average Bonchev–Trinajstić information content (AvgIpc) is 2.92. The first-order chi connectivity index (χ1) is 9.19. The fourth-order valence-corrected chi connectivity index (χ4v) is 2.94. The van der Waals surface area contributed by atoms with E-state index in [2.05, 4.69) is 23.1 Å². The molecule has 2 heterocycles. The fourth-order valence-electron chi connectivity index (χ4n) is 2.36. The van der Waals surface area contributed by atoms with Crippen molar-refractivity contribution in [2.24, 2.45) is 4.99 Å². The number of amidine groups is 1. The summed E-state index contributed by atoms with van der Waals surface area (Å²) in [6, 6.07) is 0. The molecule has 19 heavy (non-hydrogen) atoms. The highest BCUT2D eigenvalue weighted by atomic mass is 32.2. The van der Waals surface area contributed by atoms with E-state index in [0.29, 0.717) is 12.3 Å². The molecule has 3 nitrogen and oxygen atoms in total. The molecule has 0 saturated carbocycles. The Morgan fingerprint density at radius 3 is 3.00 bits per heavy atom. The number of rotatable bonds is 5. The monoisotopic (exact) mass is 273 g/mol. The van der Waals surface area contributed by atoms with Crippen LogP contribution >= 0.6 is 11.8 Å². The lowest BCUT2D eigenvalue weighted by molar-refractivity contribution is 0.573. The lowest BCUT2D eigenvalue weighted by Crippen LogP contribution is -2.32. The SMILES string of the molecule is C=CC(=N)C1=C2CCCN2C(C(=C)S/C=C\C)=NC1. The normalized spacial score (nSPS) is 18.6. The van der Waals surface area contributed by atoms with Gasteiger partial charge in [-0.15, -0.1) is 0 Å². The fraction of sp³-hybridized carbons (Fsp3) is 0.333. The van der Waals surface area contributed by atoms with Crippen LogP contribution in [0.1, 0.15) is 19.8 Å². The highest BCUT2D eigenvalue weighted by Gasteiger charge is 2.30. The van der Waals surface area contributed by atoms with Crippen molar-refractivity contribution >= 4 is 23.3 Å². The maximum absolute atomic E-state index is 7.96. The summed E-state index contributed by atoms with van der Waals surface area (Å²) in [5, 5.41) is 9.98. The van der Waals surface area contributed by atoms with E-state index < -0.39 is 0 Å². The molecular formula is C15H19N3S. The standard InChI is InChI=1S/C15H19N3S/c1-4-9-19-11(3)15-17-10-12(13(16)5-2)14-7-6-8-18(14)15/h4-5,9,16H,2-3,6-8,10H2,1H3/b9-4-,16-13?. The van der Waals surface area contributed by atoms with Crippen LogP contribution in [0.25, 0.3) is 0 Å². The van der Waals surface area contributed by atoms with Gasteiger partial charge in [0.25, 0.3) is 0 Å². The van der Waals surface area contributed by atoms with Gasteiger partial charge >= 0.3 is 0 Å². The van der Waals surface area contributed by atoms with Crippen molar-refractivity contribution in [2.45, 2.75) is 19.8 Å². The van der Waals surface area contributed by atoms with Crippen LogP contribution in [-0.4, -0.2) is 29.5 Å². The molecule has 0 amide bonds. The topological polar surface area (TPSA) is 39.5 Å². The molecule has 0 aromatic rings. The van der Waals surface area contributed by atoms with Gasteiger partial charge in [0, 0.05) is 22.7 Å². The summed E-state index contributed by atoms with van der Waals surface area (Å²) >= 11 is 1.60. The van der Waals surface area contributed by atoms with Crippen LogP contribution in [0.2, 0.25) is 0 Å². The predicted molar refractivity (Wildman–Crippen MR) is 84.7 cm³/mol. The molecule has 0 aromatic carbocycles. The van der Waals surface area contributed by atoms with Gasteiger partial charge in [-0.2, -0.15) is 0 Å². The van der Waals surface area contributed by atoms with E-state index in [9.17, 15) is 0 Å². The number of thioether (sulfide) groups is 1. The minimum absolute atomic E-state index is 0.497. The molecule has 0 spiro atoms. The third kappa shape index (κ3) is 2.73. The molecule has 100 valence electrons. The molecule has 1 saturated heterocycles. The quantitative estimate of drug-likeness (QED) is 0.775. The first-order valence-corrected chi connectivity index (χ1v) is 7.29. The average molecular weight is 273 g/mol. The molecule has 0 unspecified atom stereocenters. The number of nitrogens with zero attached hydrogens (tertiary/aromatic N) is 2. The van der Waals surface area contributed by atoms with Crippen molar-refractivity contribution < 1.29 is 0 Å².